The second-order valence-corrected chi connectivity index (χ2v) is 7.58. The second-order valence-electron chi connectivity index (χ2n) is 7.58. The summed E-state index contributed by atoms with van der Waals surface area (Å²) in [7, 11) is 0. The molecule has 0 radical (unpaired) electrons. The molecule has 1 aromatic heterocycles. The minimum Gasteiger partial charge on any atom is -0.479 e. The van der Waals surface area contributed by atoms with Gasteiger partial charge in [-0.1, -0.05) is 12.1 Å². The van der Waals surface area contributed by atoms with Gasteiger partial charge < -0.3 is 24.3 Å². The van der Waals surface area contributed by atoms with Gasteiger partial charge in [-0.3, -0.25) is 14.4 Å². The largest absolute Gasteiger partial charge is 0.479 e. The third-order valence-corrected chi connectivity index (χ3v) is 5.52. The number of carbonyl (C=O) groups excluding carboxylic acids is 3. The molecule has 1 fully saturated rings. The quantitative estimate of drug-likeness (QED) is 0.814. The summed E-state index contributed by atoms with van der Waals surface area (Å²) in [5.74, 6) is 0.616. The lowest BCUT2D eigenvalue weighted by molar-refractivity contribution is -0.125. The van der Waals surface area contributed by atoms with Crippen LogP contribution in [0.3, 0.4) is 0 Å². The zero-order valence-electron chi connectivity index (χ0n) is 16.9. The number of anilines is 1. The number of fused-ring (bicyclic) bond motifs is 1. The first-order chi connectivity index (χ1) is 14.5. The first kappa shape index (κ1) is 20.0. The lowest BCUT2D eigenvalue weighted by atomic mass is 10.0. The Hall–Kier alpha value is -3.29. The van der Waals surface area contributed by atoms with E-state index in [0.717, 1.165) is 0 Å². The number of benzene rings is 1. The number of hydrogen-bond donors (Lipinski definition) is 1. The van der Waals surface area contributed by atoms with E-state index in [0.29, 0.717) is 49.7 Å². The first-order valence-electron chi connectivity index (χ1n) is 10.2. The third-order valence-electron chi connectivity index (χ3n) is 5.52. The van der Waals surface area contributed by atoms with E-state index in [1.807, 2.05) is 24.3 Å². The molecule has 30 heavy (non-hydrogen) atoms. The molecule has 3 amide bonds. The fourth-order valence-corrected chi connectivity index (χ4v) is 3.89. The van der Waals surface area contributed by atoms with E-state index in [4.69, 9.17) is 9.15 Å². The van der Waals surface area contributed by atoms with Crippen LogP contribution >= 0.6 is 0 Å². The van der Waals surface area contributed by atoms with E-state index < -0.39 is 6.10 Å². The monoisotopic (exact) mass is 411 g/mol. The highest BCUT2D eigenvalue weighted by Crippen LogP contribution is 2.33. The standard InChI is InChI=1S/C22H25N3O5/c1-15-21(27)25(17-5-2-3-6-18(17)30-15)13-10-20(26)23-16-8-11-24(12-9-16)22(28)19-7-4-14-29-19/h2-7,14-16H,8-13H2,1H3,(H,23,26)/t15-/m0/s1. The van der Waals surface area contributed by atoms with Gasteiger partial charge >= 0.3 is 0 Å². The van der Waals surface area contributed by atoms with Gasteiger partial charge in [0, 0.05) is 32.1 Å². The van der Waals surface area contributed by atoms with Crippen LogP contribution in [0, 0.1) is 0 Å². The summed E-state index contributed by atoms with van der Waals surface area (Å²) in [6.45, 7) is 3.14. The average molecular weight is 411 g/mol. The van der Waals surface area contributed by atoms with Gasteiger partial charge in [-0.15, -0.1) is 0 Å². The maximum absolute atomic E-state index is 12.5. The fourth-order valence-electron chi connectivity index (χ4n) is 3.89. The Morgan fingerprint density at radius 2 is 1.90 bits per heavy atom. The van der Waals surface area contributed by atoms with Crippen LogP contribution in [0.2, 0.25) is 0 Å². The van der Waals surface area contributed by atoms with Crippen molar-refractivity contribution in [3.63, 3.8) is 0 Å². The summed E-state index contributed by atoms with van der Waals surface area (Å²) in [5.41, 5.74) is 0.693. The summed E-state index contributed by atoms with van der Waals surface area (Å²) in [6, 6.07) is 10.7. The molecule has 1 saturated heterocycles. The number of ether oxygens (including phenoxy) is 1. The predicted molar refractivity (Wildman–Crippen MR) is 109 cm³/mol. The number of piperidine rings is 1. The molecule has 2 aliphatic rings. The van der Waals surface area contributed by atoms with Crippen molar-refractivity contribution in [2.75, 3.05) is 24.5 Å². The molecule has 0 aliphatic carbocycles. The minimum absolute atomic E-state index is 0.0183. The van der Waals surface area contributed by atoms with Gasteiger partial charge in [0.15, 0.2) is 11.9 Å². The second kappa shape index (κ2) is 8.61. The lowest BCUT2D eigenvalue weighted by Crippen LogP contribution is -2.48. The number of para-hydroxylation sites is 2. The van der Waals surface area contributed by atoms with E-state index in [1.54, 1.807) is 28.9 Å². The highest BCUT2D eigenvalue weighted by Gasteiger charge is 2.31. The van der Waals surface area contributed by atoms with Crippen LogP contribution in [0.15, 0.2) is 47.1 Å². The summed E-state index contributed by atoms with van der Waals surface area (Å²) in [4.78, 5) is 40.7. The van der Waals surface area contributed by atoms with Crippen molar-refractivity contribution in [2.45, 2.75) is 38.3 Å². The molecular weight excluding hydrogens is 386 g/mol. The molecule has 1 aromatic carbocycles. The number of nitrogens with zero attached hydrogens (tertiary/aromatic N) is 2. The summed E-state index contributed by atoms with van der Waals surface area (Å²) in [5, 5.41) is 3.03. The molecule has 3 heterocycles. The van der Waals surface area contributed by atoms with Crippen LogP contribution in [0.25, 0.3) is 0 Å². The summed E-state index contributed by atoms with van der Waals surface area (Å²) < 4.78 is 10.8. The summed E-state index contributed by atoms with van der Waals surface area (Å²) in [6.07, 6.45) is 2.50. The molecule has 0 unspecified atom stereocenters. The number of amides is 3. The summed E-state index contributed by atoms with van der Waals surface area (Å²) >= 11 is 0. The maximum atomic E-state index is 12.5. The molecule has 1 N–H and O–H groups in total. The van der Waals surface area contributed by atoms with E-state index in [2.05, 4.69) is 5.32 Å². The maximum Gasteiger partial charge on any atom is 0.289 e. The number of carbonyl (C=O) groups is 3. The lowest BCUT2D eigenvalue weighted by Gasteiger charge is -2.33. The first-order valence-corrected chi connectivity index (χ1v) is 10.2. The molecule has 8 nitrogen and oxygen atoms in total. The zero-order chi connectivity index (χ0) is 21.1. The van der Waals surface area contributed by atoms with Crippen molar-refractivity contribution in [1.82, 2.24) is 10.2 Å². The van der Waals surface area contributed by atoms with Crippen molar-refractivity contribution in [3.8, 4) is 5.75 Å². The number of likely N-dealkylation sites (tertiary alicyclic amines) is 1. The van der Waals surface area contributed by atoms with Crippen LogP contribution in [-0.2, 0) is 9.59 Å². The van der Waals surface area contributed by atoms with Crippen molar-refractivity contribution in [1.29, 1.82) is 0 Å². The number of rotatable bonds is 5. The van der Waals surface area contributed by atoms with E-state index >= 15 is 0 Å². The molecule has 0 saturated carbocycles. The number of nitrogens with one attached hydrogen (secondary N) is 1. The zero-order valence-corrected chi connectivity index (χ0v) is 16.9. The SMILES string of the molecule is C[C@@H]1Oc2ccccc2N(CCC(=O)NC2CCN(C(=O)c3ccco3)CC2)C1=O. The van der Waals surface area contributed by atoms with Gasteiger partial charge in [0.25, 0.3) is 11.8 Å². The van der Waals surface area contributed by atoms with Crippen LogP contribution in [-0.4, -0.2) is 54.4 Å². The molecule has 0 bridgehead atoms. The minimum atomic E-state index is -0.570. The molecule has 2 aliphatic heterocycles. The molecule has 2 aromatic rings. The van der Waals surface area contributed by atoms with E-state index in [1.165, 1.54) is 6.26 Å². The highest BCUT2D eigenvalue weighted by molar-refractivity contribution is 6.00. The predicted octanol–water partition coefficient (Wildman–Crippen LogP) is 2.20. The Labute approximate surface area is 174 Å². The Balaban J connectivity index is 1.27. The van der Waals surface area contributed by atoms with E-state index in [-0.39, 0.29) is 30.2 Å². The van der Waals surface area contributed by atoms with Gasteiger partial charge in [-0.2, -0.15) is 0 Å². The van der Waals surface area contributed by atoms with Gasteiger partial charge in [-0.25, -0.2) is 0 Å². The molecule has 0 spiro atoms. The Bertz CT molecular complexity index is 919. The normalized spacial score (nSPS) is 19.2. The molecule has 4 rings (SSSR count). The Morgan fingerprint density at radius 3 is 2.63 bits per heavy atom. The Morgan fingerprint density at radius 1 is 1.13 bits per heavy atom. The topological polar surface area (TPSA) is 92.1 Å². The number of furan rings is 1. The number of hydrogen-bond acceptors (Lipinski definition) is 5. The van der Waals surface area contributed by atoms with Crippen LogP contribution in [0.4, 0.5) is 5.69 Å². The van der Waals surface area contributed by atoms with E-state index in [9.17, 15) is 14.4 Å². The van der Waals surface area contributed by atoms with Crippen molar-refractivity contribution >= 4 is 23.4 Å². The van der Waals surface area contributed by atoms with Gasteiger partial charge in [0.05, 0.1) is 12.0 Å². The van der Waals surface area contributed by atoms with Crippen molar-refractivity contribution < 1.29 is 23.5 Å². The smallest absolute Gasteiger partial charge is 0.289 e. The van der Waals surface area contributed by atoms with Crippen LogP contribution in [0.1, 0.15) is 36.7 Å². The third kappa shape index (κ3) is 4.17. The van der Waals surface area contributed by atoms with Crippen LogP contribution < -0.4 is 15.0 Å². The average Bonchev–Trinajstić information content (AvgIpc) is 3.29. The van der Waals surface area contributed by atoms with Crippen molar-refractivity contribution in [3.05, 3.63) is 48.4 Å². The van der Waals surface area contributed by atoms with Gasteiger partial charge in [0.2, 0.25) is 5.91 Å². The van der Waals surface area contributed by atoms with Gasteiger partial charge in [0.1, 0.15) is 5.75 Å². The highest BCUT2D eigenvalue weighted by atomic mass is 16.5. The molecular formula is C22H25N3O5. The Kier molecular flexibility index (Phi) is 5.74. The molecule has 1 atom stereocenters. The molecule has 158 valence electrons. The van der Waals surface area contributed by atoms with Crippen molar-refractivity contribution in [2.24, 2.45) is 0 Å². The van der Waals surface area contributed by atoms with Gasteiger partial charge in [-0.05, 0) is 44.0 Å². The fraction of sp³-hybridized carbons (Fsp3) is 0.409. The van der Waals surface area contributed by atoms with Crippen LogP contribution in [0.5, 0.6) is 5.75 Å². The molecule has 8 heteroatoms.